The second-order valence-electron chi connectivity index (χ2n) is 5.61. The highest BCUT2D eigenvalue weighted by Gasteiger charge is 2.25. The first-order valence-corrected chi connectivity index (χ1v) is 8.49. The number of amides is 1. The summed E-state index contributed by atoms with van der Waals surface area (Å²) in [6.45, 7) is 3.41. The Kier molecular flexibility index (Phi) is 4.98. The summed E-state index contributed by atoms with van der Waals surface area (Å²) in [5.74, 6) is -1.20. The lowest BCUT2D eigenvalue weighted by atomic mass is 9.94. The van der Waals surface area contributed by atoms with Gasteiger partial charge in [0.1, 0.15) is 5.69 Å². The summed E-state index contributed by atoms with van der Waals surface area (Å²) in [6.07, 6.45) is 6.36. The van der Waals surface area contributed by atoms with Crippen molar-refractivity contribution in [2.45, 2.75) is 50.8 Å². The zero-order chi connectivity index (χ0) is 15.6. The minimum absolute atomic E-state index is 0.101. The molecule has 2 rings (SSSR count). The topological polar surface area (TPSA) is 82.2 Å². The van der Waals surface area contributed by atoms with Gasteiger partial charge in [0.25, 0.3) is 5.91 Å². The second-order valence-corrected chi connectivity index (χ2v) is 6.75. The van der Waals surface area contributed by atoms with Crippen LogP contribution >= 0.6 is 11.8 Å². The minimum atomic E-state index is -1.03. The van der Waals surface area contributed by atoms with Gasteiger partial charge < -0.3 is 15.4 Å². The molecule has 21 heavy (non-hydrogen) atoms. The normalized spacial score (nSPS) is 22.0. The summed E-state index contributed by atoms with van der Waals surface area (Å²) >= 11 is 1.89. The summed E-state index contributed by atoms with van der Waals surface area (Å²) in [5, 5.41) is 12.9. The Balaban J connectivity index is 2.06. The van der Waals surface area contributed by atoms with E-state index in [0.29, 0.717) is 22.1 Å². The van der Waals surface area contributed by atoms with Crippen molar-refractivity contribution in [3.8, 4) is 0 Å². The van der Waals surface area contributed by atoms with Crippen molar-refractivity contribution in [2.75, 3.05) is 6.26 Å². The molecule has 1 aliphatic rings. The molecule has 116 valence electrons. The van der Waals surface area contributed by atoms with Gasteiger partial charge in [0.15, 0.2) is 0 Å². The first kappa shape index (κ1) is 15.9. The van der Waals surface area contributed by atoms with E-state index in [2.05, 4.69) is 16.6 Å². The van der Waals surface area contributed by atoms with Gasteiger partial charge in [0, 0.05) is 17.0 Å². The number of aromatic amines is 1. The van der Waals surface area contributed by atoms with Gasteiger partial charge in [-0.3, -0.25) is 4.79 Å². The fourth-order valence-corrected chi connectivity index (χ4v) is 3.75. The lowest BCUT2D eigenvalue weighted by Gasteiger charge is -2.28. The second kappa shape index (κ2) is 6.56. The standard InChI is InChI=1S/C15H22N2O3S/c1-8-12(9(2)16-13(8)15(19)20)14(18)17-10-4-6-11(21-3)7-5-10/h10-11,16H,4-7H2,1-3H3,(H,17,18)(H,19,20). The van der Waals surface area contributed by atoms with Gasteiger partial charge in [0.2, 0.25) is 0 Å². The van der Waals surface area contributed by atoms with Crippen molar-refractivity contribution in [1.29, 1.82) is 0 Å². The predicted octanol–water partition coefficient (Wildman–Crippen LogP) is 2.73. The molecule has 0 aliphatic heterocycles. The van der Waals surface area contributed by atoms with Crippen molar-refractivity contribution in [1.82, 2.24) is 10.3 Å². The summed E-state index contributed by atoms with van der Waals surface area (Å²) < 4.78 is 0. The molecule has 1 fully saturated rings. The van der Waals surface area contributed by atoms with Crippen molar-refractivity contribution in [3.05, 3.63) is 22.5 Å². The Morgan fingerprint density at radius 3 is 2.33 bits per heavy atom. The molecule has 6 heteroatoms. The molecule has 0 unspecified atom stereocenters. The number of hydrogen-bond donors (Lipinski definition) is 3. The highest BCUT2D eigenvalue weighted by atomic mass is 32.2. The van der Waals surface area contributed by atoms with E-state index >= 15 is 0 Å². The highest BCUT2D eigenvalue weighted by molar-refractivity contribution is 7.99. The molecular weight excluding hydrogens is 288 g/mol. The number of aromatic carboxylic acids is 1. The minimum Gasteiger partial charge on any atom is -0.477 e. The molecule has 1 aliphatic carbocycles. The number of carbonyl (C=O) groups excluding carboxylic acids is 1. The van der Waals surface area contributed by atoms with Crippen LogP contribution in [0.3, 0.4) is 0 Å². The fourth-order valence-electron chi connectivity index (χ4n) is 3.00. The van der Waals surface area contributed by atoms with Gasteiger partial charge in [-0.15, -0.1) is 0 Å². The van der Waals surface area contributed by atoms with Gasteiger partial charge in [-0.25, -0.2) is 4.79 Å². The van der Waals surface area contributed by atoms with Gasteiger partial charge in [0.05, 0.1) is 5.56 Å². The van der Waals surface area contributed by atoms with Crippen molar-refractivity contribution in [3.63, 3.8) is 0 Å². The van der Waals surface area contributed by atoms with E-state index in [9.17, 15) is 9.59 Å². The third kappa shape index (κ3) is 3.43. The van der Waals surface area contributed by atoms with Crippen LogP contribution in [0.4, 0.5) is 0 Å². The van der Waals surface area contributed by atoms with Crippen molar-refractivity contribution < 1.29 is 14.7 Å². The summed E-state index contributed by atoms with van der Waals surface area (Å²) in [4.78, 5) is 26.3. The zero-order valence-corrected chi connectivity index (χ0v) is 13.5. The molecule has 1 amide bonds. The first-order valence-electron chi connectivity index (χ1n) is 7.20. The van der Waals surface area contributed by atoms with E-state index in [1.165, 1.54) is 0 Å². The number of hydrogen-bond acceptors (Lipinski definition) is 3. The lowest BCUT2D eigenvalue weighted by molar-refractivity contribution is 0.0690. The molecule has 1 heterocycles. The fraction of sp³-hybridized carbons (Fsp3) is 0.600. The maximum Gasteiger partial charge on any atom is 0.352 e. The zero-order valence-electron chi connectivity index (χ0n) is 12.7. The van der Waals surface area contributed by atoms with Crippen LogP contribution in [0.1, 0.15) is 57.8 Å². The Labute approximate surface area is 128 Å². The summed E-state index contributed by atoms with van der Waals surface area (Å²) in [6, 6.07) is 0.197. The molecule has 0 bridgehead atoms. The Hall–Kier alpha value is -1.43. The van der Waals surface area contributed by atoms with Crippen LogP contribution < -0.4 is 5.32 Å². The molecule has 1 aromatic rings. The molecule has 1 saturated carbocycles. The molecule has 0 saturated heterocycles. The van der Waals surface area contributed by atoms with Crippen LogP contribution in [0.25, 0.3) is 0 Å². The molecule has 0 aromatic carbocycles. The van der Waals surface area contributed by atoms with Crippen LogP contribution in [0.5, 0.6) is 0 Å². The molecular formula is C15H22N2O3S. The van der Waals surface area contributed by atoms with Crippen molar-refractivity contribution >= 4 is 23.6 Å². The van der Waals surface area contributed by atoms with Crippen molar-refractivity contribution in [2.24, 2.45) is 0 Å². The summed E-state index contributed by atoms with van der Waals surface area (Å²) in [7, 11) is 0. The van der Waals surface area contributed by atoms with Crippen LogP contribution in [0.15, 0.2) is 0 Å². The number of carboxylic acid groups (broad SMARTS) is 1. The first-order chi connectivity index (χ1) is 9.93. The number of aryl methyl sites for hydroxylation is 1. The average Bonchev–Trinajstić information content (AvgIpc) is 2.75. The number of carbonyl (C=O) groups is 2. The predicted molar refractivity (Wildman–Crippen MR) is 84.3 cm³/mol. The van der Waals surface area contributed by atoms with Crippen LogP contribution in [-0.2, 0) is 0 Å². The molecule has 0 radical (unpaired) electrons. The average molecular weight is 310 g/mol. The maximum atomic E-state index is 12.4. The Morgan fingerprint density at radius 1 is 1.24 bits per heavy atom. The van der Waals surface area contributed by atoms with E-state index in [1.54, 1.807) is 13.8 Å². The number of nitrogens with one attached hydrogen (secondary N) is 2. The third-order valence-corrected chi connectivity index (χ3v) is 5.36. The molecule has 0 atom stereocenters. The SMILES string of the molecule is CSC1CCC(NC(=O)c2c(C)[nH]c(C(=O)O)c2C)CC1. The smallest absolute Gasteiger partial charge is 0.352 e. The molecule has 3 N–H and O–H groups in total. The quantitative estimate of drug-likeness (QED) is 0.798. The number of rotatable bonds is 4. The van der Waals surface area contributed by atoms with E-state index in [4.69, 9.17) is 5.11 Å². The third-order valence-electron chi connectivity index (χ3n) is 4.22. The van der Waals surface area contributed by atoms with E-state index in [1.807, 2.05) is 11.8 Å². The molecule has 0 spiro atoms. The lowest BCUT2D eigenvalue weighted by Crippen LogP contribution is -2.38. The van der Waals surface area contributed by atoms with E-state index < -0.39 is 5.97 Å². The van der Waals surface area contributed by atoms with E-state index in [-0.39, 0.29) is 17.6 Å². The van der Waals surface area contributed by atoms with Crippen LogP contribution in [0, 0.1) is 13.8 Å². The van der Waals surface area contributed by atoms with Gasteiger partial charge in [-0.1, -0.05) is 0 Å². The summed E-state index contributed by atoms with van der Waals surface area (Å²) in [5.41, 5.74) is 1.69. The van der Waals surface area contributed by atoms with Crippen LogP contribution in [0.2, 0.25) is 0 Å². The number of aromatic nitrogens is 1. The molecule has 1 aromatic heterocycles. The van der Waals surface area contributed by atoms with Crippen LogP contribution in [-0.4, -0.2) is 39.5 Å². The van der Waals surface area contributed by atoms with E-state index in [0.717, 1.165) is 25.7 Å². The van der Waals surface area contributed by atoms with Gasteiger partial charge >= 0.3 is 5.97 Å². The maximum absolute atomic E-state index is 12.4. The van der Waals surface area contributed by atoms with Gasteiger partial charge in [-0.2, -0.15) is 11.8 Å². The molecule has 5 nitrogen and oxygen atoms in total. The monoisotopic (exact) mass is 310 g/mol. The highest BCUT2D eigenvalue weighted by Crippen LogP contribution is 2.27. The largest absolute Gasteiger partial charge is 0.477 e. The van der Waals surface area contributed by atoms with Gasteiger partial charge in [-0.05, 0) is 51.3 Å². The Bertz CT molecular complexity index is 545. The number of H-pyrrole nitrogens is 1. The Morgan fingerprint density at radius 2 is 1.86 bits per heavy atom. The number of thioether (sulfide) groups is 1. The number of carboxylic acids is 1.